The molecule has 1 aromatic rings. The van der Waals surface area contributed by atoms with E-state index < -0.39 is 0 Å². The van der Waals surface area contributed by atoms with Gasteiger partial charge >= 0.3 is 0 Å². The number of benzene rings is 1. The second-order valence-electron chi connectivity index (χ2n) is 2.32. The van der Waals surface area contributed by atoms with Crippen molar-refractivity contribution in [3.63, 3.8) is 0 Å². The fraction of sp³-hybridized carbons (Fsp3) is 0.125. The molecule has 0 unspecified atom stereocenters. The summed E-state index contributed by atoms with van der Waals surface area (Å²) in [6.45, 7) is 0.487. The van der Waals surface area contributed by atoms with Crippen LogP contribution in [0.15, 0.2) is 24.3 Å². The van der Waals surface area contributed by atoms with Crippen LogP contribution in [0.1, 0.15) is 11.1 Å². The molecule has 74 valence electrons. The van der Waals surface area contributed by atoms with E-state index in [0.717, 1.165) is 11.1 Å². The molecule has 0 aromatic heterocycles. The molecule has 13 heavy (non-hydrogen) atoms. The maximum Gasteiger partial charge on any atom is 0.122 e. The Morgan fingerprint density at radius 3 is 2.38 bits per heavy atom. The molecule has 0 amide bonds. The van der Waals surface area contributed by atoms with Gasteiger partial charge in [-0.1, -0.05) is 18.2 Å². The average molecular weight is 222 g/mol. The van der Waals surface area contributed by atoms with Crippen LogP contribution in [0.25, 0.3) is 0 Å². The molecular formula is C8H13Cl2N3. The van der Waals surface area contributed by atoms with Crippen LogP contribution >= 0.6 is 24.8 Å². The fourth-order valence-corrected chi connectivity index (χ4v) is 0.866. The summed E-state index contributed by atoms with van der Waals surface area (Å²) in [4.78, 5) is 0. The topological polar surface area (TPSA) is 75.9 Å². The number of nitrogens with one attached hydrogen (secondary N) is 1. The van der Waals surface area contributed by atoms with Gasteiger partial charge in [-0.05, 0) is 11.6 Å². The Hall–Kier alpha value is -0.770. The van der Waals surface area contributed by atoms with E-state index in [1.54, 1.807) is 6.07 Å². The van der Waals surface area contributed by atoms with Crippen LogP contribution in [-0.2, 0) is 6.54 Å². The Morgan fingerprint density at radius 1 is 1.31 bits per heavy atom. The SMILES string of the molecule is Cl.Cl.N=C(N)c1cccc(CN)c1. The predicted octanol–water partition coefficient (Wildman–Crippen LogP) is 1.27. The minimum Gasteiger partial charge on any atom is -0.384 e. The van der Waals surface area contributed by atoms with Crippen LogP contribution in [0, 0.1) is 5.41 Å². The lowest BCUT2D eigenvalue weighted by molar-refractivity contribution is 1.07. The van der Waals surface area contributed by atoms with E-state index in [2.05, 4.69) is 0 Å². The maximum absolute atomic E-state index is 7.14. The third-order valence-corrected chi connectivity index (χ3v) is 1.47. The highest BCUT2D eigenvalue weighted by Crippen LogP contribution is 2.02. The van der Waals surface area contributed by atoms with Crippen LogP contribution in [0.2, 0.25) is 0 Å². The molecule has 5 N–H and O–H groups in total. The number of halogens is 2. The number of amidine groups is 1. The summed E-state index contributed by atoms with van der Waals surface area (Å²) in [5, 5.41) is 7.14. The van der Waals surface area contributed by atoms with Gasteiger partial charge in [0.05, 0.1) is 0 Å². The number of hydrogen-bond acceptors (Lipinski definition) is 2. The molecule has 0 aliphatic heterocycles. The first-order valence-electron chi connectivity index (χ1n) is 3.37. The van der Waals surface area contributed by atoms with Crippen molar-refractivity contribution < 1.29 is 0 Å². The third kappa shape index (κ3) is 4.12. The Kier molecular flexibility index (Phi) is 7.61. The molecule has 0 aliphatic rings. The van der Waals surface area contributed by atoms with Gasteiger partial charge in [-0.25, -0.2) is 0 Å². The number of nitrogen functional groups attached to an aromatic ring is 1. The zero-order chi connectivity index (χ0) is 8.27. The van der Waals surface area contributed by atoms with Gasteiger partial charge in [0.25, 0.3) is 0 Å². The lowest BCUT2D eigenvalue weighted by Crippen LogP contribution is -2.11. The molecule has 0 fully saturated rings. The number of hydrogen-bond donors (Lipinski definition) is 3. The maximum atomic E-state index is 7.14. The van der Waals surface area contributed by atoms with E-state index in [1.807, 2.05) is 18.2 Å². The highest BCUT2D eigenvalue weighted by atomic mass is 35.5. The Balaban J connectivity index is 0. The molecule has 5 heteroatoms. The van der Waals surface area contributed by atoms with Crippen molar-refractivity contribution in [3.05, 3.63) is 35.4 Å². The molecule has 0 aliphatic carbocycles. The summed E-state index contributed by atoms with van der Waals surface area (Å²) < 4.78 is 0. The predicted molar refractivity (Wildman–Crippen MR) is 59.8 cm³/mol. The zero-order valence-corrected chi connectivity index (χ0v) is 8.62. The standard InChI is InChI=1S/C8H11N3.2ClH/c9-5-6-2-1-3-7(4-6)8(10)11;;/h1-4H,5,9H2,(H3,10,11);2*1H. The van der Waals surface area contributed by atoms with E-state index in [9.17, 15) is 0 Å². The van der Waals surface area contributed by atoms with Crippen molar-refractivity contribution in [2.24, 2.45) is 11.5 Å². The van der Waals surface area contributed by atoms with Gasteiger partial charge in [-0.2, -0.15) is 0 Å². The normalized spacial score (nSPS) is 8.08. The van der Waals surface area contributed by atoms with Crippen molar-refractivity contribution in [2.45, 2.75) is 6.54 Å². The van der Waals surface area contributed by atoms with Gasteiger partial charge in [0, 0.05) is 12.1 Å². The molecule has 1 rings (SSSR count). The Morgan fingerprint density at radius 2 is 1.92 bits per heavy atom. The molecule has 0 saturated carbocycles. The van der Waals surface area contributed by atoms with Gasteiger partial charge in [0.15, 0.2) is 0 Å². The molecule has 0 saturated heterocycles. The van der Waals surface area contributed by atoms with E-state index in [0.29, 0.717) is 6.54 Å². The van der Waals surface area contributed by atoms with Crippen LogP contribution in [0.5, 0.6) is 0 Å². The molecule has 0 bridgehead atoms. The van der Waals surface area contributed by atoms with Crippen molar-refractivity contribution >= 4 is 30.6 Å². The van der Waals surface area contributed by atoms with E-state index in [-0.39, 0.29) is 30.6 Å². The van der Waals surface area contributed by atoms with Gasteiger partial charge in [-0.3, -0.25) is 5.41 Å². The average Bonchev–Trinajstić information content (AvgIpc) is 2.05. The second-order valence-corrected chi connectivity index (χ2v) is 2.32. The molecule has 0 radical (unpaired) electrons. The highest BCUT2D eigenvalue weighted by molar-refractivity contribution is 5.95. The minimum absolute atomic E-state index is 0. The summed E-state index contributed by atoms with van der Waals surface area (Å²) in [6, 6.07) is 7.37. The van der Waals surface area contributed by atoms with Gasteiger partial charge in [-0.15, -0.1) is 24.8 Å². The molecule has 0 heterocycles. The molecule has 0 spiro atoms. The van der Waals surface area contributed by atoms with Crippen LogP contribution in [0.4, 0.5) is 0 Å². The van der Waals surface area contributed by atoms with Crippen molar-refractivity contribution in [2.75, 3.05) is 0 Å². The van der Waals surface area contributed by atoms with Gasteiger partial charge in [0.2, 0.25) is 0 Å². The molecule has 0 atom stereocenters. The van der Waals surface area contributed by atoms with E-state index in [1.165, 1.54) is 0 Å². The van der Waals surface area contributed by atoms with Crippen LogP contribution in [0.3, 0.4) is 0 Å². The second kappa shape index (κ2) is 6.71. The summed E-state index contributed by atoms with van der Waals surface area (Å²) in [5.74, 6) is 0.0836. The fourth-order valence-electron chi connectivity index (χ4n) is 0.866. The Labute approximate surface area is 89.8 Å². The number of nitrogens with two attached hydrogens (primary N) is 2. The molecule has 3 nitrogen and oxygen atoms in total. The van der Waals surface area contributed by atoms with Crippen LogP contribution < -0.4 is 11.5 Å². The first kappa shape index (κ1) is 14.7. The smallest absolute Gasteiger partial charge is 0.122 e. The highest BCUT2D eigenvalue weighted by Gasteiger charge is 1.95. The zero-order valence-electron chi connectivity index (χ0n) is 6.99. The van der Waals surface area contributed by atoms with Crippen molar-refractivity contribution in [3.8, 4) is 0 Å². The first-order chi connectivity index (χ1) is 5.24. The largest absolute Gasteiger partial charge is 0.384 e. The third-order valence-electron chi connectivity index (χ3n) is 1.47. The summed E-state index contributed by atoms with van der Waals surface area (Å²) in [6.07, 6.45) is 0. The number of rotatable bonds is 2. The lowest BCUT2D eigenvalue weighted by atomic mass is 10.1. The van der Waals surface area contributed by atoms with Crippen molar-refractivity contribution in [1.29, 1.82) is 5.41 Å². The summed E-state index contributed by atoms with van der Waals surface area (Å²) in [5.41, 5.74) is 12.4. The molecular weight excluding hydrogens is 209 g/mol. The minimum atomic E-state index is 0. The summed E-state index contributed by atoms with van der Waals surface area (Å²) >= 11 is 0. The Bertz CT molecular complexity index is 276. The van der Waals surface area contributed by atoms with Gasteiger partial charge < -0.3 is 11.5 Å². The lowest BCUT2D eigenvalue weighted by Gasteiger charge is -1.99. The van der Waals surface area contributed by atoms with E-state index >= 15 is 0 Å². The van der Waals surface area contributed by atoms with E-state index in [4.69, 9.17) is 16.9 Å². The van der Waals surface area contributed by atoms with Gasteiger partial charge in [0.1, 0.15) is 5.84 Å². The molecule has 1 aromatic carbocycles. The van der Waals surface area contributed by atoms with Crippen molar-refractivity contribution in [1.82, 2.24) is 0 Å². The monoisotopic (exact) mass is 221 g/mol. The van der Waals surface area contributed by atoms with Crippen LogP contribution in [-0.4, -0.2) is 5.84 Å². The summed E-state index contributed by atoms with van der Waals surface area (Å²) in [7, 11) is 0. The quantitative estimate of drug-likeness (QED) is 0.520. The first-order valence-corrected chi connectivity index (χ1v) is 3.37.